The summed E-state index contributed by atoms with van der Waals surface area (Å²) in [6, 6.07) is 7.69. The number of carbonyl (C=O) groups is 1. The van der Waals surface area contributed by atoms with Gasteiger partial charge < -0.3 is 10.3 Å². The standard InChI is InChI=1S/C16H19N5O/c1-10(2)5-12-7-15(21-20-12)16(22)17-8-11-3-4-13-14(6-11)19-9-18-13/h3-4,6-7,9-10H,5,8H2,1-2H3,(H,17,22)(H,18,19)(H,20,21). The predicted octanol–water partition coefficient (Wildman–Crippen LogP) is 2.41. The summed E-state index contributed by atoms with van der Waals surface area (Å²) in [5, 5.41) is 9.87. The van der Waals surface area contributed by atoms with Crippen molar-refractivity contribution in [1.29, 1.82) is 0 Å². The Morgan fingerprint density at radius 1 is 1.32 bits per heavy atom. The zero-order valence-corrected chi connectivity index (χ0v) is 12.7. The molecule has 0 saturated carbocycles. The van der Waals surface area contributed by atoms with Crippen molar-refractivity contribution in [1.82, 2.24) is 25.5 Å². The second-order valence-electron chi connectivity index (χ2n) is 5.81. The molecule has 3 rings (SSSR count). The summed E-state index contributed by atoms with van der Waals surface area (Å²) >= 11 is 0. The van der Waals surface area contributed by atoms with Crippen molar-refractivity contribution in [2.45, 2.75) is 26.8 Å². The first kappa shape index (κ1) is 14.3. The Bertz CT molecular complexity index is 787. The molecule has 0 radical (unpaired) electrons. The van der Waals surface area contributed by atoms with E-state index >= 15 is 0 Å². The summed E-state index contributed by atoms with van der Waals surface area (Å²) in [6.45, 7) is 4.72. The van der Waals surface area contributed by atoms with Crippen LogP contribution < -0.4 is 5.32 Å². The molecule has 0 aliphatic rings. The molecule has 114 valence electrons. The van der Waals surface area contributed by atoms with E-state index in [1.54, 1.807) is 6.33 Å². The predicted molar refractivity (Wildman–Crippen MR) is 84.4 cm³/mol. The van der Waals surface area contributed by atoms with E-state index in [-0.39, 0.29) is 5.91 Å². The van der Waals surface area contributed by atoms with E-state index in [1.807, 2.05) is 24.3 Å². The molecule has 0 aliphatic heterocycles. The SMILES string of the molecule is CC(C)Cc1cc(C(=O)NCc2ccc3nc[nH]c3c2)n[nH]1. The number of carbonyl (C=O) groups excluding carboxylic acids is 1. The van der Waals surface area contributed by atoms with Crippen molar-refractivity contribution < 1.29 is 4.79 Å². The zero-order valence-electron chi connectivity index (χ0n) is 12.7. The van der Waals surface area contributed by atoms with Gasteiger partial charge in [-0.2, -0.15) is 5.10 Å². The number of amides is 1. The number of aromatic amines is 2. The van der Waals surface area contributed by atoms with Crippen LogP contribution in [0.25, 0.3) is 11.0 Å². The summed E-state index contributed by atoms with van der Waals surface area (Å²) in [6.07, 6.45) is 2.55. The first-order valence-electron chi connectivity index (χ1n) is 7.36. The van der Waals surface area contributed by atoms with Crippen LogP contribution in [0.3, 0.4) is 0 Å². The molecule has 3 aromatic rings. The minimum Gasteiger partial charge on any atom is -0.347 e. The topological polar surface area (TPSA) is 86.5 Å². The molecule has 0 atom stereocenters. The Hall–Kier alpha value is -2.63. The van der Waals surface area contributed by atoms with Gasteiger partial charge in [-0.3, -0.25) is 9.89 Å². The number of aromatic nitrogens is 4. The molecule has 1 aromatic carbocycles. The van der Waals surface area contributed by atoms with Crippen molar-refractivity contribution in [3.8, 4) is 0 Å². The molecule has 0 saturated heterocycles. The summed E-state index contributed by atoms with van der Waals surface area (Å²) in [4.78, 5) is 19.3. The van der Waals surface area contributed by atoms with E-state index in [4.69, 9.17) is 0 Å². The maximum atomic E-state index is 12.1. The Kier molecular flexibility index (Phi) is 3.91. The van der Waals surface area contributed by atoms with Gasteiger partial charge in [0, 0.05) is 12.2 Å². The molecule has 0 unspecified atom stereocenters. The monoisotopic (exact) mass is 297 g/mol. The van der Waals surface area contributed by atoms with E-state index in [0.717, 1.165) is 28.7 Å². The third kappa shape index (κ3) is 3.16. The normalized spacial score (nSPS) is 11.2. The summed E-state index contributed by atoms with van der Waals surface area (Å²) < 4.78 is 0. The van der Waals surface area contributed by atoms with Crippen LogP contribution in [0.2, 0.25) is 0 Å². The van der Waals surface area contributed by atoms with Gasteiger partial charge in [0.05, 0.1) is 17.4 Å². The number of H-pyrrole nitrogens is 2. The average Bonchev–Trinajstić information content (AvgIpc) is 3.12. The highest BCUT2D eigenvalue weighted by molar-refractivity contribution is 5.92. The second kappa shape index (κ2) is 6.01. The smallest absolute Gasteiger partial charge is 0.272 e. The summed E-state index contributed by atoms with van der Waals surface area (Å²) in [5.74, 6) is 0.355. The lowest BCUT2D eigenvalue weighted by Crippen LogP contribution is -2.23. The van der Waals surface area contributed by atoms with Crippen molar-refractivity contribution in [3.05, 3.63) is 47.5 Å². The second-order valence-corrected chi connectivity index (χ2v) is 5.81. The number of nitrogens with zero attached hydrogens (tertiary/aromatic N) is 2. The lowest BCUT2D eigenvalue weighted by Gasteiger charge is -2.03. The minimum atomic E-state index is -0.170. The number of hydrogen-bond acceptors (Lipinski definition) is 3. The fourth-order valence-electron chi connectivity index (χ4n) is 2.39. The quantitative estimate of drug-likeness (QED) is 0.676. The maximum Gasteiger partial charge on any atom is 0.272 e. The highest BCUT2D eigenvalue weighted by atomic mass is 16.1. The van der Waals surface area contributed by atoms with Gasteiger partial charge in [-0.1, -0.05) is 19.9 Å². The molecule has 2 aromatic heterocycles. The van der Waals surface area contributed by atoms with E-state index < -0.39 is 0 Å². The van der Waals surface area contributed by atoms with E-state index in [2.05, 4.69) is 39.3 Å². The van der Waals surface area contributed by atoms with Gasteiger partial charge in [0.15, 0.2) is 0 Å². The lowest BCUT2D eigenvalue weighted by atomic mass is 10.1. The largest absolute Gasteiger partial charge is 0.347 e. The van der Waals surface area contributed by atoms with Gasteiger partial charge in [-0.05, 0) is 36.1 Å². The Labute approximate surface area is 128 Å². The molecule has 0 fully saturated rings. The molecule has 2 heterocycles. The molecular formula is C16H19N5O. The third-order valence-electron chi connectivity index (χ3n) is 3.43. The van der Waals surface area contributed by atoms with Gasteiger partial charge in [-0.15, -0.1) is 0 Å². The van der Waals surface area contributed by atoms with E-state index in [0.29, 0.717) is 18.2 Å². The molecule has 0 aliphatic carbocycles. The number of nitrogens with one attached hydrogen (secondary N) is 3. The van der Waals surface area contributed by atoms with Crippen LogP contribution in [-0.2, 0) is 13.0 Å². The molecule has 6 heteroatoms. The first-order valence-corrected chi connectivity index (χ1v) is 7.36. The van der Waals surface area contributed by atoms with Gasteiger partial charge in [0.1, 0.15) is 5.69 Å². The minimum absolute atomic E-state index is 0.170. The molecule has 3 N–H and O–H groups in total. The Morgan fingerprint density at radius 2 is 2.18 bits per heavy atom. The molecule has 6 nitrogen and oxygen atoms in total. The van der Waals surface area contributed by atoms with Crippen molar-refractivity contribution in [2.75, 3.05) is 0 Å². The van der Waals surface area contributed by atoms with E-state index in [9.17, 15) is 4.79 Å². The number of hydrogen-bond donors (Lipinski definition) is 3. The number of rotatable bonds is 5. The van der Waals surface area contributed by atoms with Crippen molar-refractivity contribution in [3.63, 3.8) is 0 Å². The van der Waals surface area contributed by atoms with Gasteiger partial charge in [-0.25, -0.2) is 4.98 Å². The van der Waals surface area contributed by atoms with Crippen molar-refractivity contribution in [2.24, 2.45) is 5.92 Å². The molecule has 0 spiro atoms. The molecule has 0 bridgehead atoms. The third-order valence-corrected chi connectivity index (χ3v) is 3.43. The van der Waals surface area contributed by atoms with Gasteiger partial charge >= 0.3 is 0 Å². The molecule has 1 amide bonds. The Balaban J connectivity index is 1.62. The zero-order chi connectivity index (χ0) is 15.5. The summed E-state index contributed by atoms with van der Waals surface area (Å²) in [7, 11) is 0. The van der Waals surface area contributed by atoms with Crippen LogP contribution in [-0.4, -0.2) is 26.1 Å². The Morgan fingerprint density at radius 3 is 3.00 bits per heavy atom. The van der Waals surface area contributed by atoms with Crippen LogP contribution in [0.4, 0.5) is 0 Å². The van der Waals surface area contributed by atoms with Crippen LogP contribution in [0.15, 0.2) is 30.6 Å². The average molecular weight is 297 g/mol. The first-order chi connectivity index (χ1) is 10.6. The number of fused-ring (bicyclic) bond motifs is 1. The molecule has 22 heavy (non-hydrogen) atoms. The molecular weight excluding hydrogens is 278 g/mol. The number of benzene rings is 1. The van der Waals surface area contributed by atoms with Crippen LogP contribution in [0, 0.1) is 5.92 Å². The fourth-order valence-corrected chi connectivity index (χ4v) is 2.39. The van der Waals surface area contributed by atoms with Gasteiger partial charge in [0.2, 0.25) is 0 Å². The van der Waals surface area contributed by atoms with Gasteiger partial charge in [0.25, 0.3) is 5.91 Å². The highest BCUT2D eigenvalue weighted by Crippen LogP contribution is 2.12. The maximum absolute atomic E-state index is 12.1. The van der Waals surface area contributed by atoms with Crippen LogP contribution in [0.5, 0.6) is 0 Å². The van der Waals surface area contributed by atoms with Crippen LogP contribution in [0.1, 0.15) is 35.6 Å². The fraction of sp³-hybridized carbons (Fsp3) is 0.312. The number of imidazole rings is 1. The summed E-state index contributed by atoms with van der Waals surface area (Å²) in [5.41, 5.74) is 4.31. The highest BCUT2D eigenvalue weighted by Gasteiger charge is 2.11. The lowest BCUT2D eigenvalue weighted by molar-refractivity contribution is 0.0946. The van der Waals surface area contributed by atoms with Crippen molar-refractivity contribution >= 4 is 16.9 Å². The van der Waals surface area contributed by atoms with Crippen LogP contribution >= 0.6 is 0 Å². The van der Waals surface area contributed by atoms with E-state index in [1.165, 1.54) is 0 Å².